The fourth-order valence-corrected chi connectivity index (χ4v) is 4.11. The van der Waals surface area contributed by atoms with Crippen molar-refractivity contribution >= 4 is 51.5 Å². The second kappa shape index (κ2) is 10.4. The Kier molecular flexibility index (Phi) is 8.06. The Morgan fingerprint density at radius 1 is 0.692 bits per heavy atom. The van der Waals surface area contributed by atoms with Crippen LogP contribution < -0.4 is 10.6 Å². The number of benzene rings is 3. The van der Waals surface area contributed by atoms with Gasteiger partial charge in [-0.25, -0.2) is 4.39 Å². The average Bonchev–Trinajstić information content (AvgIpc) is 2.81. The van der Waals surface area contributed by atoms with E-state index in [4.69, 9.17) is 23.2 Å². The molecule has 0 saturated heterocycles. The fraction of sp³-hybridized carbons (Fsp3) is 0.217. The molecule has 4 nitrogen and oxygen atoms in total. The minimum atomic E-state index is -6.43. The van der Waals surface area contributed by atoms with Crippen LogP contribution in [0.4, 0.5) is 49.6 Å². The topological polar surface area (TPSA) is 58.2 Å². The van der Waals surface area contributed by atoms with Crippen molar-refractivity contribution in [3.8, 4) is 0 Å². The van der Waals surface area contributed by atoms with Gasteiger partial charge in [0, 0.05) is 16.7 Å². The molecule has 0 aliphatic carbocycles. The minimum absolute atomic E-state index is 0.0101. The summed E-state index contributed by atoms with van der Waals surface area (Å²) in [5, 5.41) is 1.93. The number of fused-ring (bicyclic) bond motifs is 1. The lowest BCUT2D eigenvalue weighted by molar-refractivity contribution is -0.348. The quantitative estimate of drug-likeness (QED) is 0.289. The largest absolute Gasteiger partial charge is 0.435 e. The first-order valence-corrected chi connectivity index (χ1v) is 11.0. The molecule has 0 bridgehead atoms. The SMILES string of the molecule is O=C(NCC(F)(F)F)c1ccc(C(=O)Nc2c(Cl)cc(C(F)(C(F)(F)F)C(F)(F)F)cc2Cl)c2ccccc12. The first-order valence-electron chi connectivity index (χ1n) is 10.3. The molecule has 3 aromatic rings. The molecule has 0 unspecified atom stereocenters. The van der Waals surface area contributed by atoms with Gasteiger partial charge in [0.05, 0.1) is 15.7 Å². The number of hydrogen-bond donors (Lipinski definition) is 2. The smallest absolute Gasteiger partial charge is 0.343 e. The summed E-state index contributed by atoms with van der Waals surface area (Å²) in [4.78, 5) is 25.2. The molecule has 0 aromatic heterocycles. The highest BCUT2D eigenvalue weighted by atomic mass is 35.5. The zero-order chi connectivity index (χ0) is 29.6. The van der Waals surface area contributed by atoms with Crippen LogP contribution in [-0.2, 0) is 5.67 Å². The molecule has 210 valence electrons. The third-order valence-corrected chi connectivity index (χ3v) is 5.92. The number of rotatable bonds is 5. The van der Waals surface area contributed by atoms with Crippen molar-refractivity contribution in [1.82, 2.24) is 5.32 Å². The summed E-state index contributed by atoms with van der Waals surface area (Å²) in [6.07, 6.45) is -17.6. The molecule has 2 amide bonds. The van der Waals surface area contributed by atoms with Crippen molar-refractivity contribution in [2.24, 2.45) is 0 Å². The average molecular weight is 609 g/mol. The molecule has 0 saturated carbocycles. The highest BCUT2D eigenvalue weighted by Crippen LogP contribution is 2.54. The van der Waals surface area contributed by atoms with E-state index in [0.29, 0.717) is 0 Å². The molecule has 2 N–H and O–H groups in total. The van der Waals surface area contributed by atoms with Crippen LogP contribution in [0.1, 0.15) is 26.3 Å². The van der Waals surface area contributed by atoms with Crippen molar-refractivity contribution in [2.75, 3.05) is 11.9 Å². The van der Waals surface area contributed by atoms with E-state index in [9.17, 15) is 53.5 Å². The Morgan fingerprint density at radius 3 is 1.54 bits per heavy atom. The first kappa shape index (κ1) is 30.3. The van der Waals surface area contributed by atoms with Crippen LogP contribution in [0.5, 0.6) is 0 Å². The van der Waals surface area contributed by atoms with Crippen LogP contribution >= 0.6 is 23.2 Å². The highest BCUT2D eigenvalue weighted by Gasteiger charge is 2.73. The lowest BCUT2D eigenvalue weighted by Crippen LogP contribution is -2.50. The Hall–Kier alpha value is -3.26. The molecule has 39 heavy (non-hydrogen) atoms. The number of halogens is 12. The molecule has 3 aromatic carbocycles. The van der Waals surface area contributed by atoms with Crippen molar-refractivity contribution in [3.05, 3.63) is 75.3 Å². The van der Waals surface area contributed by atoms with Gasteiger partial charge in [0.25, 0.3) is 11.8 Å². The standard InChI is InChI=1S/C23H12Cl2F10N2O2/c24-15-7-10(21(29,22(30,31)32)23(33,34)35)8-16(25)17(15)37-19(39)14-6-5-13(11-3-1-2-4-12(11)14)18(38)36-9-20(26,27)28/h1-8H,9H2,(H,36,38)(H,37,39). The molecular weight excluding hydrogens is 597 g/mol. The van der Waals surface area contributed by atoms with Gasteiger partial charge in [-0.1, -0.05) is 47.5 Å². The summed E-state index contributed by atoms with van der Waals surface area (Å²) in [6.45, 7) is -1.63. The van der Waals surface area contributed by atoms with Gasteiger partial charge in [-0.2, -0.15) is 39.5 Å². The summed E-state index contributed by atoms with van der Waals surface area (Å²) in [6, 6.07) is 7.56. The Labute approximate surface area is 221 Å². The van der Waals surface area contributed by atoms with Gasteiger partial charge in [0.1, 0.15) is 6.54 Å². The van der Waals surface area contributed by atoms with Crippen LogP contribution in [0.25, 0.3) is 10.8 Å². The zero-order valence-corrected chi connectivity index (χ0v) is 20.2. The van der Waals surface area contributed by atoms with Gasteiger partial charge < -0.3 is 10.6 Å². The number of carbonyl (C=O) groups excluding carboxylic acids is 2. The monoisotopic (exact) mass is 608 g/mol. The number of anilines is 1. The summed E-state index contributed by atoms with van der Waals surface area (Å²) >= 11 is 11.6. The molecule has 0 aliphatic heterocycles. The van der Waals surface area contributed by atoms with Gasteiger partial charge in [0.15, 0.2) is 0 Å². The molecule has 16 heteroatoms. The predicted octanol–water partition coefficient (Wildman–Crippen LogP) is 7.98. The Balaban J connectivity index is 2.00. The normalized spacial score (nSPS) is 12.9. The Bertz CT molecular complexity index is 1400. The maximum atomic E-state index is 14.4. The summed E-state index contributed by atoms with van der Waals surface area (Å²) in [5.74, 6) is -2.18. The summed E-state index contributed by atoms with van der Waals surface area (Å²) in [7, 11) is 0. The number of nitrogens with one attached hydrogen (secondary N) is 2. The van der Waals surface area contributed by atoms with Gasteiger partial charge >= 0.3 is 24.2 Å². The van der Waals surface area contributed by atoms with Crippen molar-refractivity contribution < 1.29 is 53.5 Å². The molecule has 0 spiro atoms. The van der Waals surface area contributed by atoms with E-state index in [1.165, 1.54) is 24.3 Å². The van der Waals surface area contributed by atoms with E-state index in [0.717, 1.165) is 12.1 Å². The molecule has 0 atom stereocenters. The second-order valence-corrected chi connectivity index (χ2v) is 8.74. The molecule has 0 fully saturated rings. The molecule has 0 radical (unpaired) electrons. The number of carbonyl (C=O) groups is 2. The molecule has 0 aliphatic rings. The van der Waals surface area contributed by atoms with Gasteiger partial charge in [-0.3, -0.25) is 9.59 Å². The predicted molar refractivity (Wildman–Crippen MR) is 122 cm³/mol. The van der Waals surface area contributed by atoms with Crippen LogP contribution in [-0.4, -0.2) is 36.9 Å². The van der Waals surface area contributed by atoms with E-state index >= 15 is 0 Å². The van der Waals surface area contributed by atoms with Gasteiger partial charge in [-0.15, -0.1) is 0 Å². The maximum Gasteiger partial charge on any atom is 0.435 e. The fourth-order valence-electron chi connectivity index (χ4n) is 3.53. The van der Waals surface area contributed by atoms with Gasteiger partial charge in [-0.05, 0) is 35.0 Å². The van der Waals surface area contributed by atoms with E-state index in [2.05, 4.69) is 5.32 Å². The third-order valence-electron chi connectivity index (χ3n) is 5.32. The number of amides is 2. The molecular formula is C23H12Cl2F10N2O2. The lowest BCUT2D eigenvalue weighted by atomic mass is 9.94. The zero-order valence-electron chi connectivity index (χ0n) is 18.7. The van der Waals surface area contributed by atoms with Crippen molar-refractivity contribution in [3.63, 3.8) is 0 Å². The number of alkyl halides is 10. The maximum absolute atomic E-state index is 14.4. The molecule has 3 rings (SSSR count). The van der Waals surface area contributed by atoms with Crippen LogP contribution in [0.3, 0.4) is 0 Å². The van der Waals surface area contributed by atoms with Crippen LogP contribution in [0.2, 0.25) is 10.0 Å². The van der Waals surface area contributed by atoms with E-state index in [1.54, 1.807) is 5.32 Å². The number of hydrogen-bond acceptors (Lipinski definition) is 2. The van der Waals surface area contributed by atoms with E-state index < -0.39 is 63.9 Å². The summed E-state index contributed by atoms with van der Waals surface area (Å²) in [5.41, 5.74) is -8.91. The third kappa shape index (κ3) is 6.01. The second-order valence-electron chi connectivity index (χ2n) is 7.93. The van der Waals surface area contributed by atoms with Crippen LogP contribution in [0, 0.1) is 0 Å². The van der Waals surface area contributed by atoms with Crippen molar-refractivity contribution in [1.29, 1.82) is 0 Å². The van der Waals surface area contributed by atoms with E-state index in [1.807, 2.05) is 0 Å². The lowest BCUT2D eigenvalue weighted by Gasteiger charge is -2.30. The van der Waals surface area contributed by atoms with Crippen LogP contribution in [0.15, 0.2) is 48.5 Å². The minimum Gasteiger partial charge on any atom is -0.343 e. The van der Waals surface area contributed by atoms with Gasteiger partial charge in [0.2, 0.25) is 0 Å². The summed E-state index contributed by atoms with van der Waals surface area (Å²) < 4.78 is 130. The highest BCUT2D eigenvalue weighted by molar-refractivity contribution is 6.40. The Morgan fingerprint density at radius 2 is 1.13 bits per heavy atom. The molecule has 0 heterocycles. The first-order chi connectivity index (χ1) is 17.8. The van der Waals surface area contributed by atoms with E-state index in [-0.39, 0.29) is 34.0 Å². The van der Waals surface area contributed by atoms with Crippen molar-refractivity contribution in [2.45, 2.75) is 24.2 Å².